The zero-order valence-electron chi connectivity index (χ0n) is 9.43. The molecule has 0 saturated heterocycles. The Labute approximate surface area is 109 Å². The van der Waals surface area contributed by atoms with Gasteiger partial charge < -0.3 is 14.8 Å². The van der Waals surface area contributed by atoms with Crippen molar-refractivity contribution in [3.8, 4) is 6.07 Å². The van der Waals surface area contributed by atoms with Crippen LogP contribution in [-0.2, 0) is 0 Å². The van der Waals surface area contributed by atoms with Gasteiger partial charge in [0.25, 0.3) is 0 Å². The number of nitrogens with zero attached hydrogens (tertiary/aromatic N) is 1. The largest absolute Gasteiger partial charge is 0.467 e. The van der Waals surface area contributed by atoms with Gasteiger partial charge in [-0.25, -0.2) is 0 Å². The Morgan fingerprint density at radius 1 is 1.44 bits per heavy atom. The number of anilines is 1. The molecule has 2 rings (SSSR count). The summed E-state index contributed by atoms with van der Waals surface area (Å²) < 4.78 is 5.08. The fraction of sp³-hybridized carbons (Fsp3) is 0.154. The summed E-state index contributed by atoms with van der Waals surface area (Å²) in [5, 5.41) is 22.0. The number of nitrogens with one attached hydrogen (secondary N) is 1. The summed E-state index contributed by atoms with van der Waals surface area (Å²) in [6.07, 6.45) is 0.763. The molecule has 0 amide bonds. The van der Waals surface area contributed by atoms with Crippen LogP contribution in [0.25, 0.3) is 0 Å². The third-order valence-electron chi connectivity index (χ3n) is 2.46. The zero-order chi connectivity index (χ0) is 13.0. The van der Waals surface area contributed by atoms with Crippen molar-refractivity contribution in [2.75, 3.05) is 11.9 Å². The summed E-state index contributed by atoms with van der Waals surface area (Å²) in [4.78, 5) is 0. The van der Waals surface area contributed by atoms with Crippen molar-refractivity contribution in [2.45, 2.75) is 6.10 Å². The summed E-state index contributed by atoms with van der Waals surface area (Å²) in [7, 11) is 0. The second-order valence-corrected chi connectivity index (χ2v) is 4.13. The summed E-state index contributed by atoms with van der Waals surface area (Å²) in [6.45, 7) is 0.277. The van der Waals surface area contributed by atoms with Gasteiger partial charge in [-0.3, -0.25) is 0 Å². The first-order valence-electron chi connectivity index (χ1n) is 5.35. The second kappa shape index (κ2) is 5.58. The minimum Gasteiger partial charge on any atom is -0.467 e. The van der Waals surface area contributed by atoms with E-state index in [0.717, 1.165) is 0 Å². The number of aliphatic hydroxyl groups is 1. The van der Waals surface area contributed by atoms with E-state index in [2.05, 4.69) is 5.32 Å². The normalized spacial score (nSPS) is 11.8. The van der Waals surface area contributed by atoms with Crippen LogP contribution in [0.5, 0.6) is 0 Å². The highest BCUT2D eigenvalue weighted by molar-refractivity contribution is 6.33. The van der Waals surface area contributed by atoms with Crippen LogP contribution in [0, 0.1) is 11.3 Å². The molecular formula is C13H11ClN2O2. The van der Waals surface area contributed by atoms with Crippen LogP contribution in [0.4, 0.5) is 5.69 Å². The van der Waals surface area contributed by atoms with Crippen molar-refractivity contribution in [2.24, 2.45) is 0 Å². The average molecular weight is 263 g/mol. The van der Waals surface area contributed by atoms with E-state index in [-0.39, 0.29) is 6.54 Å². The molecule has 0 spiro atoms. The van der Waals surface area contributed by atoms with Crippen LogP contribution >= 0.6 is 11.6 Å². The van der Waals surface area contributed by atoms with Crippen molar-refractivity contribution in [1.82, 2.24) is 0 Å². The molecule has 18 heavy (non-hydrogen) atoms. The molecule has 92 valence electrons. The van der Waals surface area contributed by atoms with Gasteiger partial charge in [0.1, 0.15) is 11.9 Å². The molecule has 2 aromatic rings. The van der Waals surface area contributed by atoms with Crippen molar-refractivity contribution in [1.29, 1.82) is 5.26 Å². The Hall–Kier alpha value is -1.96. The van der Waals surface area contributed by atoms with Crippen LogP contribution in [0.1, 0.15) is 17.4 Å². The fourth-order valence-corrected chi connectivity index (χ4v) is 1.76. The lowest BCUT2D eigenvalue weighted by atomic mass is 10.2. The highest BCUT2D eigenvalue weighted by Gasteiger charge is 2.10. The number of hydrogen-bond donors (Lipinski definition) is 2. The van der Waals surface area contributed by atoms with E-state index in [4.69, 9.17) is 21.3 Å². The molecule has 2 N–H and O–H groups in total. The van der Waals surface area contributed by atoms with Gasteiger partial charge in [0.05, 0.1) is 28.6 Å². The van der Waals surface area contributed by atoms with Crippen molar-refractivity contribution in [3.05, 3.63) is 52.9 Å². The van der Waals surface area contributed by atoms with Crippen molar-refractivity contribution < 1.29 is 9.52 Å². The minimum atomic E-state index is -0.744. The van der Waals surface area contributed by atoms with Gasteiger partial charge in [-0.05, 0) is 30.3 Å². The predicted octanol–water partition coefficient (Wildman–Crippen LogP) is 2.95. The predicted molar refractivity (Wildman–Crippen MR) is 68.3 cm³/mol. The highest BCUT2D eigenvalue weighted by atomic mass is 35.5. The molecule has 1 atom stereocenters. The van der Waals surface area contributed by atoms with E-state index in [1.54, 1.807) is 30.3 Å². The van der Waals surface area contributed by atoms with Gasteiger partial charge in [-0.15, -0.1) is 0 Å². The number of hydrogen-bond acceptors (Lipinski definition) is 4. The van der Waals surface area contributed by atoms with Gasteiger partial charge in [0.15, 0.2) is 0 Å². The van der Waals surface area contributed by atoms with Gasteiger partial charge in [-0.2, -0.15) is 5.26 Å². The SMILES string of the molecule is N#Cc1ccc(NCC(O)c2ccco2)c(Cl)c1. The number of benzene rings is 1. The van der Waals surface area contributed by atoms with Crippen molar-refractivity contribution in [3.63, 3.8) is 0 Å². The molecule has 0 aliphatic heterocycles. The number of aliphatic hydroxyl groups excluding tert-OH is 1. The molecule has 4 nitrogen and oxygen atoms in total. The van der Waals surface area contributed by atoms with E-state index in [0.29, 0.717) is 22.0 Å². The molecule has 0 bridgehead atoms. The Balaban J connectivity index is 2.00. The molecule has 0 radical (unpaired) electrons. The van der Waals surface area contributed by atoms with E-state index in [1.807, 2.05) is 6.07 Å². The summed E-state index contributed by atoms with van der Waals surface area (Å²) >= 11 is 6.00. The summed E-state index contributed by atoms with van der Waals surface area (Å²) in [5.41, 5.74) is 1.17. The molecular weight excluding hydrogens is 252 g/mol. The fourth-order valence-electron chi connectivity index (χ4n) is 1.52. The lowest BCUT2D eigenvalue weighted by Gasteiger charge is -2.11. The van der Waals surface area contributed by atoms with E-state index in [1.165, 1.54) is 6.26 Å². The van der Waals surface area contributed by atoms with Gasteiger partial charge >= 0.3 is 0 Å². The summed E-state index contributed by atoms with van der Waals surface area (Å²) in [5.74, 6) is 0.493. The van der Waals surface area contributed by atoms with Crippen LogP contribution in [0.2, 0.25) is 5.02 Å². The maximum absolute atomic E-state index is 9.81. The first-order chi connectivity index (χ1) is 8.70. The van der Waals surface area contributed by atoms with Crippen molar-refractivity contribution >= 4 is 17.3 Å². The number of furan rings is 1. The molecule has 0 aliphatic rings. The monoisotopic (exact) mass is 262 g/mol. The van der Waals surface area contributed by atoms with E-state index in [9.17, 15) is 5.11 Å². The molecule has 0 saturated carbocycles. The van der Waals surface area contributed by atoms with E-state index < -0.39 is 6.10 Å². The average Bonchev–Trinajstić information content (AvgIpc) is 2.90. The third kappa shape index (κ3) is 2.83. The van der Waals surface area contributed by atoms with Gasteiger partial charge in [0.2, 0.25) is 0 Å². The Bertz CT molecular complexity index is 561. The lowest BCUT2D eigenvalue weighted by Crippen LogP contribution is -2.11. The first kappa shape index (κ1) is 12.5. The van der Waals surface area contributed by atoms with Crippen LogP contribution < -0.4 is 5.32 Å². The van der Waals surface area contributed by atoms with Gasteiger partial charge in [-0.1, -0.05) is 11.6 Å². The zero-order valence-corrected chi connectivity index (χ0v) is 10.2. The molecule has 5 heteroatoms. The maximum Gasteiger partial charge on any atom is 0.134 e. The lowest BCUT2D eigenvalue weighted by molar-refractivity contribution is 0.162. The molecule has 0 fully saturated rings. The second-order valence-electron chi connectivity index (χ2n) is 3.72. The van der Waals surface area contributed by atoms with Crippen LogP contribution in [0.15, 0.2) is 41.0 Å². The Morgan fingerprint density at radius 2 is 2.28 bits per heavy atom. The third-order valence-corrected chi connectivity index (χ3v) is 2.77. The van der Waals surface area contributed by atoms with Crippen LogP contribution in [0.3, 0.4) is 0 Å². The summed E-state index contributed by atoms with van der Waals surface area (Å²) in [6, 6.07) is 10.4. The molecule has 1 aromatic heterocycles. The molecule has 1 aromatic carbocycles. The number of halogens is 1. The van der Waals surface area contributed by atoms with Gasteiger partial charge in [0, 0.05) is 6.54 Å². The standard InChI is InChI=1S/C13H11ClN2O2/c14-10-6-9(7-15)3-4-11(10)16-8-12(17)13-2-1-5-18-13/h1-6,12,16-17H,8H2. The van der Waals surface area contributed by atoms with E-state index >= 15 is 0 Å². The Morgan fingerprint density at radius 3 is 2.89 bits per heavy atom. The maximum atomic E-state index is 9.81. The molecule has 0 aliphatic carbocycles. The first-order valence-corrected chi connectivity index (χ1v) is 5.73. The minimum absolute atomic E-state index is 0.277. The highest BCUT2D eigenvalue weighted by Crippen LogP contribution is 2.24. The molecule has 1 heterocycles. The number of nitriles is 1. The molecule has 1 unspecified atom stereocenters. The smallest absolute Gasteiger partial charge is 0.134 e. The topological polar surface area (TPSA) is 69.2 Å². The Kier molecular flexibility index (Phi) is 3.88. The number of rotatable bonds is 4. The quantitative estimate of drug-likeness (QED) is 0.889. The van der Waals surface area contributed by atoms with Crippen LogP contribution in [-0.4, -0.2) is 11.7 Å².